The van der Waals surface area contributed by atoms with E-state index in [0.29, 0.717) is 5.57 Å². The number of hydrogen-bond donors (Lipinski definition) is 1. The van der Waals surface area contributed by atoms with Gasteiger partial charge in [0.25, 0.3) is 11.8 Å². The molecule has 2 atom stereocenters. The number of oxime groups is 1. The maximum absolute atomic E-state index is 14.1. The van der Waals surface area contributed by atoms with Crippen LogP contribution in [-0.4, -0.2) is 85.2 Å². The van der Waals surface area contributed by atoms with Crippen LogP contribution in [0.2, 0.25) is 4.34 Å². The van der Waals surface area contributed by atoms with Gasteiger partial charge >= 0.3 is 17.9 Å². The lowest BCUT2D eigenvalue weighted by Gasteiger charge is -2.49. The number of hydrogen-bond acceptors (Lipinski definition) is 13. The van der Waals surface area contributed by atoms with Crippen molar-refractivity contribution in [1.82, 2.24) is 15.2 Å². The number of halogens is 2. The highest BCUT2D eigenvalue weighted by molar-refractivity contribution is 8.00. The van der Waals surface area contributed by atoms with Gasteiger partial charge < -0.3 is 24.4 Å². The molecule has 57 heavy (non-hydrogen) atoms. The van der Waals surface area contributed by atoms with Crippen LogP contribution in [0.3, 0.4) is 0 Å². The largest absolute Gasteiger partial charge is 0.460 e. The lowest BCUT2D eigenvalue weighted by atomic mass is 10.0. The third kappa shape index (κ3) is 10.7. The third-order valence-corrected chi connectivity index (χ3v) is 11.1. The molecule has 1 saturated heterocycles. The summed E-state index contributed by atoms with van der Waals surface area (Å²) >= 11 is 15.1. The summed E-state index contributed by atoms with van der Waals surface area (Å²) in [7, 11) is 0. The van der Waals surface area contributed by atoms with Crippen molar-refractivity contribution in [2.24, 2.45) is 5.16 Å². The van der Waals surface area contributed by atoms with Crippen molar-refractivity contribution in [2.45, 2.75) is 96.1 Å². The number of alkyl halides is 1. The van der Waals surface area contributed by atoms with Gasteiger partial charge in [0.05, 0.1) is 6.42 Å². The zero-order valence-corrected chi connectivity index (χ0v) is 35.9. The molecule has 5 rings (SSSR count). The van der Waals surface area contributed by atoms with Gasteiger partial charge in [-0.1, -0.05) is 77.4 Å². The van der Waals surface area contributed by atoms with E-state index in [1.807, 2.05) is 60.7 Å². The number of carbonyl (C=O) groups is 5. The highest BCUT2D eigenvalue weighted by Crippen LogP contribution is 2.42. The van der Waals surface area contributed by atoms with Gasteiger partial charge in [-0.05, 0) is 72.1 Å². The summed E-state index contributed by atoms with van der Waals surface area (Å²) in [5.74, 6) is -3.38. The van der Waals surface area contributed by atoms with Crippen LogP contribution in [0.4, 0.5) is 0 Å². The van der Waals surface area contributed by atoms with E-state index in [1.54, 1.807) is 41.5 Å². The average Bonchev–Trinajstić information content (AvgIpc) is 3.49. The topological polar surface area (TPSA) is 163 Å². The van der Waals surface area contributed by atoms with E-state index < -0.39 is 69.8 Å². The second-order valence-corrected chi connectivity index (χ2v) is 18.6. The number of thioether (sulfide) groups is 1. The Labute approximate surface area is 349 Å². The number of nitrogens with one attached hydrogen (secondary N) is 1. The molecule has 0 bridgehead atoms. The third-order valence-electron chi connectivity index (χ3n) is 8.16. The number of thiazole rings is 1. The molecule has 13 nitrogen and oxygen atoms in total. The number of nitrogens with zero attached hydrogens (tertiary/aromatic N) is 3. The number of β-lactam (4-membered cyclic amide) rings is 1. The summed E-state index contributed by atoms with van der Waals surface area (Å²) in [4.78, 5) is 79.0. The first-order chi connectivity index (χ1) is 26.7. The van der Waals surface area contributed by atoms with Crippen LogP contribution >= 0.6 is 46.3 Å². The summed E-state index contributed by atoms with van der Waals surface area (Å²) in [6.07, 6.45) is -1.03. The predicted octanol–water partition coefficient (Wildman–Crippen LogP) is 6.75. The van der Waals surface area contributed by atoms with Crippen molar-refractivity contribution in [3.63, 3.8) is 0 Å². The van der Waals surface area contributed by atoms with Crippen molar-refractivity contribution in [3.05, 3.63) is 98.1 Å². The lowest BCUT2D eigenvalue weighted by Crippen LogP contribution is -2.71. The Morgan fingerprint density at radius 1 is 0.930 bits per heavy atom. The van der Waals surface area contributed by atoms with Crippen molar-refractivity contribution in [1.29, 1.82) is 0 Å². The van der Waals surface area contributed by atoms with Crippen LogP contribution in [0.15, 0.2) is 77.1 Å². The Morgan fingerprint density at radius 2 is 1.51 bits per heavy atom. The average molecular weight is 860 g/mol. The first-order valence-corrected chi connectivity index (χ1v) is 20.7. The molecule has 2 aliphatic heterocycles. The minimum absolute atomic E-state index is 0.00627. The zero-order chi connectivity index (χ0) is 41.9. The Hall–Kier alpha value is -4.44. The molecule has 2 aromatic carbocycles. The van der Waals surface area contributed by atoms with E-state index >= 15 is 0 Å². The summed E-state index contributed by atoms with van der Waals surface area (Å²) in [5, 5.41) is 6.23. The van der Waals surface area contributed by atoms with Crippen molar-refractivity contribution in [2.75, 3.05) is 11.6 Å². The Morgan fingerprint density at radius 3 is 2.05 bits per heavy atom. The van der Waals surface area contributed by atoms with Crippen molar-refractivity contribution in [3.8, 4) is 0 Å². The molecule has 17 heteroatoms. The number of carbonyl (C=O) groups excluding carboxylic acids is 5. The van der Waals surface area contributed by atoms with E-state index in [4.69, 9.17) is 42.3 Å². The molecule has 0 saturated carbocycles. The molecule has 3 heterocycles. The number of aromatic nitrogens is 1. The van der Waals surface area contributed by atoms with Gasteiger partial charge in [0.15, 0.2) is 11.8 Å². The van der Waals surface area contributed by atoms with E-state index in [-0.39, 0.29) is 38.8 Å². The van der Waals surface area contributed by atoms with Gasteiger partial charge in [0.1, 0.15) is 43.4 Å². The quantitative estimate of drug-likeness (QED) is 0.0484. The molecule has 3 aromatic rings. The minimum atomic E-state index is -1.68. The summed E-state index contributed by atoms with van der Waals surface area (Å²) in [6, 6.07) is 17.3. The molecular weight excluding hydrogens is 815 g/mol. The second kappa shape index (κ2) is 17.6. The lowest BCUT2D eigenvalue weighted by molar-refractivity contribution is -0.179. The number of fused-ring (bicyclic) bond motifs is 1. The molecule has 1 fully saturated rings. The number of esters is 3. The van der Waals surface area contributed by atoms with Crippen LogP contribution in [-0.2, 0) is 49.4 Å². The molecule has 0 aliphatic carbocycles. The Bertz CT molecular complexity index is 2040. The highest BCUT2D eigenvalue weighted by atomic mass is 35.5. The molecule has 0 radical (unpaired) electrons. The van der Waals surface area contributed by atoms with Gasteiger partial charge in [-0.3, -0.25) is 19.3 Å². The van der Waals surface area contributed by atoms with Crippen molar-refractivity contribution >= 4 is 81.7 Å². The molecule has 2 aliphatic rings. The molecule has 0 spiro atoms. The summed E-state index contributed by atoms with van der Waals surface area (Å²) in [6.45, 7) is 13.1. The monoisotopic (exact) mass is 858 g/mol. The van der Waals surface area contributed by atoms with Crippen LogP contribution in [0.25, 0.3) is 0 Å². The fourth-order valence-corrected chi connectivity index (χ4v) is 8.44. The molecule has 1 N–H and O–H groups in total. The van der Waals surface area contributed by atoms with Crippen LogP contribution < -0.4 is 5.32 Å². The summed E-state index contributed by atoms with van der Waals surface area (Å²) in [5.41, 5.74) is -1.96. The maximum atomic E-state index is 14.1. The fourth-order valence-electron chi connectivity index (χ4n) is 5.59. The molecule has 1 aromatic heterocycles. The van der Waals surface area contributed by atoms with E-state index in [9.17, 15) is 24.0 Å². The zero-order valence-electron chi connectivity index (χ0n) is 32.7. The molecule has 2 amide bonds. The fraction of sp³-hybridized carbons (Fsp3) is 0.425. The number of rotatable bonds is 13. The van der Waals surface area contributed by atoms with Crippen molar-refractivity contribution < 1.29 is 43.0 Å². The highest BCUT2D eigenvalue weighted by Gasteiger charge is 2.55. The first kappa shape index (κ1) is 43.7. The van der Waals surface area contributed by atoms with Crippen LogP contribution in [0.5, 0.6) is 0 Å². The smallest absolute Gasteiger partial charge is 0.356 e. The molecule has 304 valence electrons. The van der Waals surface area contributed by atoms with Gasteiger partial charge in [-0.2, -0.15) is 0 Å². The van der Waals surface area contributed by atoms with Gasteiger partial charge in [0, 0.05) is 11.6 Å². The van der Waals surface area contributed by atoms with Gasteiger partial charge in [-0.15, -0.1) is 34.7 Å². The Balaban J connectivity index is 1.41. The molecular formula is C40H44Cl2N4O9S2. The van der Waals surface area contributed by atoms with Crippen LogP contribution in [0, 0.1) is 0 Å². The van der Waals surface area contributed by atoms with E-state index in [1.165, 1.54) is 30.5 Å². The van der Waals surface area contributed by atoms with E-state index in [0.717, 1.165) is 22.5 Å². The maximum Gasteiger partial charge on any atom is 0.356 e. The Kier molecular flexibility index (Phi) is 13.5. The van der Waals surface area contributed by atoms with Gasteiger partial charge in [-0.25, -0.2) is 14.6 Å². The summed E-state index contributed by atoms with van der Waals surface area (Å²) < 4.78 is 17.0. The molecule has 0 unspecified atom stereocenters. The first-order valence-electron chi connectivity index (χ1n) is 17.9. The van der Waals surface area contributed by atoms with E-state index in [2.05, 4.69) is 15.5 Å². The normalized spacial score (nSPS) is 17.4. The standard InChI is InChI=1S/C40H44Cl2N4O9S2/c1-38(2,3)53-26(47)19-25-43-27(32(42)57-25)28(45-55-40(7,8)37(51)54-39(4,5)6)33(48)44-29-34(49)46-30(24(20-41)21-56-35(29)46)36(50)52-31(22-15-11-9-12-16-22)23-17-13-10-14-18-23/h9-18,29,31,35H,19-21H2,1-8H3,(H,44,48)/b45-28-/t29-,35-/m1/s1. The van der Waals surface area contributed by atoms with Crippen LogP contribution in [0.1, 0.15) is 83.3 Å². The van der Waals surface area contributed by atoms with Gasteiger partial charge in [0.2, 0.25) is 5.60 Å². The minimum Gasteiger partial charge on any atom is -0.460 e. The second-order valence-electron chi connectivity index (χ2n) is 15.6. The number of ether oxygens (including phenoxy) is 3. The predicted molar refractivity (Wildman–Crippen MR) is 218 cm³/mol. The number of amides is 2. The SMILES string of the molecule is CC(C)(C)OC(=O)Cc1nc(/C(=N/OC(C)(C)C(=O)OC(C)(C)C)C(=O)N[C@@H]2C(=O)N3C(C(=O)OC(c4ccccc4)c4ccccc4)=C(CCl)CS[C@H]23)c(Cl)s1. The number of benzene rings is 2.